The third-order valence-electron chi connectivity index (χ3n) is 1.15. The van der Waals surface area contributed by atoms with Crippen LogP contribution in [0.25, 0.3) is 0 Å². The monoisotopic (exact) mass is 318 g/mol. The highest BCUT2D eigenvalue weighted by Crippen LogP contribution is 2.07. The Labute approximate surface area is 103 Å². The zero-order chi connectivity index (χ0) is 10.1. The van der Waals surface area contributed by atoms with Gasteiger partial charge in [0.25, 0.3) is 0 Å². The van der Waals surface area contributed by atoms with E-state index in [2.05, 4.69) is 20.9 Å². The standard InChI is InChI=1S/2Al.3O3Si.2H2O/c;;3*1-4(2)3;;/h;;;;;2*1H2/q2*+3;3*-2;;. The molecule has 88 valence electrons. The van der Waals surface area contributed by atoms with E-state index in [9.17, 15) is 13.4 Å². The second kappa shape index (κ2) is 6.54. The van der Waals surface area contributed by atoms with Crippen LogP contribution in [-0.4, -0.2) is 68.8 Å². The van der Waals surface area contributed by atoms with Crippen molar-refractivity contribution in [2.24, 2.45) is 0 Å². The van der Waals surface area contributed by atoms with Gasteiger partial charge in [-0.15, -0.1) is 0 Å². The topological polar surface area (TPSA) is 170 Å². The SMILES string of the molecule is O.O.O=[Si]1[O][Al]([O][Si](=O)[O][Al]2[O][Si](=O)[O]2)[O]1. The molecule has 0 spiro atoms. The van der Waals surface area contributed by atoms with E-state index in [1.807, 2.05) is 0 Å². The van der Waals surface area contributed by atoms with Crippen LogP contribution in [-0.2, 0) is 34.3 Å². The summed E-state index contributed by atoms with van der Waals surface area (Å²) in [5.41, 5.74) is 0. The fourth-order valence-electron chi connectivity index (χ4n) is 0.613. The van der Waals surface area contributed by atoms with Gasteiger partial charge in [0.05, 0.1) is 0 Å². The van der Waals surface area contributed by atoms with Crippen molar-refractivity contribution < 1.29 is 45.2 Å². The zero-order valence-electron chi connectivity index (χ0n) is 7.33. The molecule has 0 unspecified atom stereocenters. The van der Waals surface area contributed by atoms with E-state index in [-0.39, 0.29) is 11.0 Å². The molecule has 0 radical (unpaired) electrons. The summed E-state index contributed by atoms with van der Waals surface area (Å²) in [7, 11) is -7.63. The van der Waals surface area contributed by atoms with Gasteiger partial charge in [-0.3, -0.25) is 13.4 Å². The average Bonchev–Trinajstić information content (AvgIpc) is 1.98. The van der Waals surface area contributed by atoms with E-state index in [1.54, 1.807) is 0 Å². The lowest BCUT2D eigenvalue weighted by Crippen LogP contribution is -2.51. The third-order valence-corrected chi connectivity index (χ3v) is 10.4. The predicted molar refractivity (Wildman–Crippen MR) is 44.6 cm³/mol. The molecule has 16 heavy (non-hydrogen) atoms. The largest absolute Gasteiger partial charge is 1.16 e. The Morgan fingerprint density at radius 3 is 1.44 bits per heavy atom. The molecule has 2 fully saturated rings. The molecule has 0 bridgehead atoms. The van der Waals surface area contributed by atoms with Crippen molar-refractivity contribution in [2.45, 2.75) is 0 Å². The summed E-state index contributed by atoms with van der Waals surface area (Å²) in [5.74, 6) is 0. The van der Waals surface area contributed by atoms with Gasteiger partial charge in [0.2, 0.25) is 0 Å². The normalized spacial score (nSPS) is 15.5. The maximum atomic E-state index is 11.0. The minimum atomic E-state index is -2.83. The lowest BCUT2D eigenvalue weighted by atomic mass is 15.6. The van der Waals surface area contributed by atoms with Crippen molar-refractivity contribution in [1.82, 2.24) is 0 Å². The Hall–Kier alpha value is -0.164. The third kappa shape index (κ3) is 4.01. The van der Waals surface area contributed by atoms with Gasteiger partial charge in [0, 0.05) is 0 Å². The summed E-state index contributed by atoms with van der Waals surface area (Å²) in [6, 6.07) is 0. The van der Waals surface area contributed by atoms with Crippen molar-refractivity contribution in [1.29, 1.82) is 0 Å². The first-order valence-corrected chi connectivity index (χ1v) is 9.75. The van der Waals surface area contributed by atoms with E-state index >= 15 is 0 Å². The van der Waals surface area contributed by atoms with E-state index in [0.717, 1.165) is 0 Å². The molecule has 0 amide bonds. The molecule has 2 aliphatic rings. The van der Waals surface area contributed by atoms with Crippen LogP contribution in [0.5, 0.6) is 0 Å². The summed E-state index contributed by atoms with van der Waals surface area (Å²) >= 11 is -4.99. The summed E-state index contributed by atoms with van der Waals surface area (Å²) in [4.78, 5) is 0. The second-order valence-electron chi connectivity index (χ2n) is 2.03. The maximum Gasteiger partial charge on any atom is 1.16 e. The lowest BCUT2D eigenvalue weighted by Gasteiger charge is -2.22. The highest BCUT2D eigenvalue weighted by atomic mass is 28.3. The van der Waals surface area contributed by atoms with Crippen LogP contribution in [0.4, 0.5) is 0 Å². The van der Waals surface area contributed by atoms with Gasteiger partial charge in [0.1, 0.15) is 0 Å². The molecule has 0 saturated carbocycles. The summed E-state index contributed by atoms with van der Waals surface area (Å²) in [5, 5.41) is 0. The molecule has 11 nitrogen and oxygen atoms in total. The zero-order valence-corrected chi connectivity index (χ0v) is 12.6. The quantitative estimate of drug-likeness (QED) is 0.465. The Morgan fingerprint density at radius 2 is 1.19 bits per heavy atom. The molecule has 16 heteroatoms. The van der Waals surface area contributed by atoms with Crippen LogP contribution in [0.2, 0.25) is 0 Å². The molecule has 2 rings (SSSR count). The summed E-state index contributed by atoms with van der Waals surface area (Å²) in [6.45, 7) is 0. The second-order valence-corrected chi connectivity index (χ2v) is 10.3. The fourth-order valence-corrected chi connectivity index (χ4v) is 7.75. The average molecular weight is 318 g/mol. The van der Waals surface area contributed by atoms with Crippen molar-refractivity contribution >= 4 is 57.8 Å². The number of hydrogen-bond acceptors (Lipinski definition) is 9. The number of rotatable bonds is 4. The lowest BCUT2D eigenvalue weighted by molar-refractivity contribution is 0.133. The van der Waals surface area contributed by atoms with Crippen LogP contribution in [0.15, 0.2) is 0 Å². The highest BCUT2D eigenvalue weighted by Gasteiger charge is 2.62. The molecule has 4 N–H and O–H groups in total. The molecule has 0 aromatic rings. The van der Waals surface area contributed by atoms with Gasteiger partial charge in [-0.1, -0.05) is 0 Å². The molecule has 0 atom stereocenters. The Kier molecular flexibility index (Phi) is 6.47. The van der Waals surface area contributed by atoms with Gasteiger partial charge in [-0.05, 0) is 0 Å². The van der Waals surface area contributed by atoms with Crippen LogP contribution in [0, 0.1) is 0 Å². The van der Waals surface area contributed by atoms with Crippen molar-refractivity contribution in [3.8, 4) is 0 Å². The van der Waals surface area contributed by atoms with Crippen molar-refractivity contribution in [3.05, 3.63) is 0 Å². The Balaban J connectivity index is 0.00000112. The minimum Gasteiger partial charge on any atom is -0.590 e. The molecule has 0 aromatic carbocycles. The molecular formula is H4Al2O11Si3. The Morgan fingerprint density at radius 1 is 0.875 bits per heavy atom. The van der Waals surface area contributed by atoms with Gasteiger partial charge in [0.15, 0.2) is 0 Å². The van der Waals surface area contributed by atoms with E-state index in [0.29, 0.717) is 0 Å². The van der Waals surface area contributed by atoms with Crippen molar-refractivity contribution in [3.63, 3.8) is 0 Å². The van der Waals surface area contributed by atoms with Crippen LogP contribution in [0.3, 0.4) is 0 Å². The molecular weight excluding hydrogens is 314 g/mol. The molecule has 2 saturated heterocycles. The number of hydrogen-bond donors (Lipinski definition) is 0. The molecule has 0 aromatic heterocycles. The first-order valence-electron chi connectivity index (χ1n) is 3.25. The van der Waals surface area contributed by atoms with Crippen LogP contribution in [0.1, 0.15) is 0 Å². The summed E-state index contributed by atoms with van der Waals surface area (Å²) in [6.07, 6.45) is 0. The van der Waals surface area contributed by atoms with E-state index in [1.165, 1.54) is 0 Å². The first kappa shape index (κ1) is 15.8. The van der Waals surface area contributed by atoms with Crippen LogP contribution < -0.4 is 0 Å². The van der Waals surface area contributed by atoms with Gasteiger partial charge in [-0.2, -0.15) is 0 Å². The maximum absolute atomic E-state index is 11.0. The van der Waals surface area contributed by atoms with Crippen LogP contribution >= 0.6 is 0 Å². The Bertz CT molecular complexity index is 258. The highest BCUT2D eigenvalue weighted by molar-refractivity contribution is 6.69. The molecule has 2 aliphatic heterocycles. The van der Waals surface area contributed by atoms with Gasteiger partial charge < -0.3 is 31.8 Å². The van der Waals surface area contributed by atoms with Gasteiger partial charge in [-0.25, -0.2) is 0 Å². The fraction of sp³-hybridized carbons (Fsp3) is 0. The van der Waals surface area contributed by atoms with Crippen molar-refractivity contribution in [2.75, 3.05) is 0 Å². The molecule has 0 aliphatic carbocycles. The predicted octanol–water partition coefficient (Wildman–Crippen LogP) is -4.32. The van der Waals surface area contributed by atoms with E-state index in [4.69, 9.17) is 0 Å². The first-order chi connectivity index (χ1) is 6.63. The summed E-state index contributed by atoms with van der Waals surface area (Å²) < 4.78 is 59.0. The smallest absolute Gasteiger partial charge is 0.590 e. The van der Waals surface area contributed by atoms with E-state index < -0.39 is 57.8 Å². The van der Waals surface area contributed by atoms with Gasteiger partial charge >= 0.3 is 57.8 Å². The minimum absolute atomic E-state index is 0. The molecule has 2 heterocycles.